The number of thioether (sulfide) groups is 1. The first kappa shape index (κ1) is 13.2. The number of amides is 1. The molecular formula is C13H18N2O2S. The van der Waals surface area contributed by atoms with E-state index < -0.39 is 0 Å². The summed E-state index contributed by atoms with van der Waals surface area (Å²) in [6.07, 6.45) is 2.58. The third-order valence-corrected chi connectivity index (χ3v) is 4.54. The van der Waals surface area contributed by atoms with Crippen LogP contribution in [0.25, 0.3) is 0 Å². The Hall–Kier alpha value is -1.23. The molecule has 1 amide bonds. The molecule has 1 atom stereocenters. The number of carbonyl (C=O) groups excluding carboxylic acids is 1. The molecule has 18 heavy (non-hydrogen) atoms. The highest BCUT2D eigenvalue weighted by atomic mass is 32.2. The number of pyridine rings is 1. The number of nitrogens with one attached hydrogen (secondary N) is 1. The fourth-order valence-corrected chi connectivity index (χ4v) is 3.24. The molecule has 2 rings (SSSR count). The Morgan fingerprint density at radius 3 is 3.06 bits per heavy atom. The highest BCUT2D eigenvalue weighted by molar-refractivity contribution is 8.00. The molecule has 4 nitrogen and oxygen atoms in total. The molecule has 0 aromatic carbocycles. The van der Waals surface area contributed by atoms with Gasteiger partial charge in [-0.05, 0) is 13.3 Å². The van der Waals surface area contributed by atoms with Crippen LogP contribution in [0, 0.1) is 6.92 Å². The second-order valence-corrected chi connectivity index (χ2v) is 5.95. The summed E-state index contributed by atoms with van der Waals surface area (Å²) in [4.78, 5) is 28.8. The Labute approximate surface area is 111 Å². The first-order valence-corrected chi connectivity index (χ1v) is 7.27. The van der Waals surface area contributed by atoms with Gasteiger partial charge in [-0.15, -0.1) is 0 Å². The van der Waals surface area contributed by atoms with Crippen LogP contribution in [0.5, 0.6) is 0 Å². The summed E-state index contributed by atoms with van der Waals surface area (Å²) in [5, 5.41) is 0.493. The lowest BCUT2D eigenvalue weighted by Crippen LogP contribution is -2.43. The van der Waals surface area contributed by atoms with Crippen LogP contribution in [0.15, 0.2) is 17.1 Å². The van der Waals surface area contributed by atoms with E-state index >= 15 is 0 Å². The Balaban J connectivity index is 2.18. The van der Waals surface area contributed by atoms with Crippen LogP contribution >= 0.6 is 11.8 Å². The molecule has 1 N–H and O–H groups in total. The maximum Gasteiger partial charge on any atom is 0.259 e. The monoisotopic (exact) mass is 266 g/mol. The van der Waals surface area contributed by atoms with Crippen LogP contribution in [0.4, 0.5) is 0 Å². The van der Waals surface area contributed by atoms with Gasteiger partial charge in [0, 0.05) is 42.0 Å². The van der Waals surface area contributed by atoms with Crippen molar-refractivity contribution in [2.24, 2.45) is 0 Å². The zero-order valence-electron chi connectivity index (χ0n) is 10.7. The summed E-state index contributed by atoms with van der Waals surface area (Å²) in [6.45, 7) is 5.41. The van der Waals surface area contributed by atoms with Crippen molar-refractivity contribution >= 4 is 17.7 Å². The standard InChI is InChI=1S/C13H18N2O2S/c1-3-10-8-15(4-5-18-10)13(17)11-7-14-9(2)6-12(11)16/h6-7,10H,3-5,8H2,1-2H3,(H,14,16). The number of H-pyrrole nitrogens is 1. The van der Waals surface area contributed by atoms with Crippen molar-refractivity contribution < 1.29 is 4.79 Å². The van der Waals surface area contributed by atoms with Crippen molar-refractivity contribution in [1.29, 1.82) is 0 Å². The number of aromatic amines is 1. The Bertz CT molecular complexity index is 498. The minimum absolute atomic E-state index is 0.144. The van der Waals surface area contributed by atoms with Crippen LogP contribution in [-0.4, -0.2) is 39.9 Å². The molecule has 0 aliphatic carbocycles. The lowest BCUT2D eigenvalue weighted by Gasteiger charge is -2.31. The Kier molecular flexibility index (Phi) is 4.11. The van der Waals surface area contributed by atoms with E-state index in [4.69, 9.17) is 0 Å². The smallest absolute Gasteiger partial charge is 0.259 e. The van der Waals surface area contributed by atoms with Crippen LogP contribution < -0.4 is 5.43 Å². The van der Waals surface area contributed by atoms with E-state index in [9.17, 15) is 9.59 Å². The van der Waals surface area contributed by atoms with E-state index in [1.165, 1.54) is 12.3 Å². The van der Waals surface area contributed by atoms with Crippen molar-refractivity contribution in [3.05, 3.63) is 33.7 Å². The zero-order valence-corrected chi connectivity index (χ0v) is 11.5. The molecule has 1 fully saturated rings. The Morgan fingerprint density at radius 1 is 1.61 bits per heavy atom. The van der Waals surface area contributed by atoms with E-state index in [1.54, 1.807) is 11.8 Å². The van der Waals surface area contributed by atoms with Gasteiger partial charge in [-0.3, -0.25) is 9.59 Å². The predicted octanol–water partition coefficient (Wildman–Crippen LogP) is 1.65. The van der Waals surface area contributed by atoms with Gasteiger partial charge in [0.1, 0.15) is 5.56 Å². The molecular weight excluding hydrogens is 248 g/mol. The van der Waals surface area contributed by atoms with Gasteiger partial charge < -0.3 is 9.88 Å². The predicted molar refractivity (Wildman–Crippen MR) is 74.2 cm³/mol. The maximum absolute atomic E-state index is 12.3. The fraction of sp³-hybridized carbons (Fsp3) is 0.538. The van der Waals surface area contributed by atoms with Crippen LogP contribution in [0.3, 0.4) is 0 Å². The molecule has 1 aliphatic heterocycles. The fourth-order valence-electron chi connectivity index (χ4n) is 2.06. The molecule has 1 aliphatic rings. The van der Waals surface area contributed by atoms with E-state index in [2.05, 4.69) is 11.9 Å². The maximum atomic E-state index is 12.3. The van der Waals surface area contributed by atoms with E-state index in [0.717, 1.165) is 31.0 Å². The second kappa shape index (κ2) is 5.61. The molecule has 0 radical (unpaired) electrons. The molecule has 2 heterocycles. The average Bonchev–Trinajstić information content (AvgIpc) is 2.38. The number of nitrogens with zero attached hydrogens (tertiary/aromatic N) is 1. The van der Waals surface area contributed by atoms with E-state index in [-0.39, 0.29) is 16.9 Å². The van der Waals surface area contributed by atoms with E-state index in [1.807, 2.05) is 11.8 Å². The normalized spacial score (nSPS) is 19.9. The van der Waals surface area contributed by atoms with Crippen molar-refractivity contribution in [2.45, 2.75) is 25.5 Å². The van der Waals surface area contributed by atoms with Crippen LogP contribution in [0.1, 0.15) is 29.4 Å². The highest BCUT2D eigenvalue weighted by Crippen LogP contribution is 2.21. The van der Waals surface area contributed by atoms with Crippen molar-refractivity contribution in [3.8, 4) is 0 Å². The summed E-state index contributed by atoms with van der Waals surface area (Å²) in [6, 6.07) is 1.48. The molecule has 1 aromatic heterocycles. The van der Waals surface area contributed by atoms with Gasteiger partial charge in [-0.2, -0.15) is 11.8 Å². The lowest BCUT2D eigenvalue weighted by atomic mass is 10.2. The first-order chi connectivity index (χ1) is 8.61. The summed E-state index contributed by atoms with van der Waals surface area (Å²) < 4.78 is 0. The van der Waals surface area contributed by atoms with Gasteiger partial charge in [-0.25, -0.2) is 0 Å². The molecule has 0 saturated carbocycles. The van der Waals surface area contributed by atoms with Gasteiger partial charge in [0.25, 0.3) is 5.91 Å². The summed E-state index contributed by atoms with van der Waals surface area (Å²) in [5.74, 6) is 0.809. The second-order valence-electron chi connectivity index (χ2n) is 4.55. The third-order valence-electron chi connectivity index (χ3n) is 3.17. The topological polar surface area (TPSA) is 53.2 Å². The van der Waals surface area contributed by atoms with Crippen LogP contribution in [0.2, 0.25) is 0 Å². The zero-order chi connectivity index (χ0) is 13.1. The minimum atomic E-state index is -0.192. The molecule has 5 heteroatoms. The summed E-state index contributed by atoms with van der Waals surface area (Å²) in [7, 11) is 0. The molecule has 0 spiro atoms. The van der Waals surface area contributed by atoms with Crippen LogP contribution in [-0.2, 0) is 0 Å². The van der Waals surface area contributed by atoms with Gasteiger partial charge in [0.2, 0.25) is 0 Å². The van der Waals surface area contributed by atoms with Gasteiger partial charge in [0.15, 0.2) is 5.43 Å². The third kappa shape index (κ3) is 2.77. The van der Waals surface area contributed by atoms with Gasteiger partial charge in [0.05, 0.1) is 0 Å². The van der Waals surface area contributed by atoms with Crippen molar-refractivity contribution in [2.75, 3.05) is 18.8 Å². The summed E-state index contributed by atoms with van der Waals surface area (Å²) >= 11 is 1.91. The molecule has 1 aromatic rings. The quantitative estimate of drug-likeness (QED) is 0.885. The van der Waals surface area contributed by atoms with Gasteiger partial charge in [-0.1, -0.05) is 6.92 Å². The molecule has 98 valence electrons. The SMILES string of the molecule is CCC1CN(C(=O)c2c[nH]c(C)cc2=O)CCS1. The highest BCUT2D eigenvalue weighted by Gasteiger charge is 2.25. The largest absolute Gasteiger partial charge is 0.364 e. The lowest BCUT2D eigenvalue weighted by molar-refractivity contribution is 0.0759. The number of hydrogen-bond donors (Lipinski definition) is 1. The first-order valence-electron chi connectivity index (χ1n) is 6.22. The minimum Gasteiger partial charge on any atom is -0.364 e. The number of hydrogen-bond acceptors (Lipinski definition) is 3. The van der Waals surface area contributed by atoms with Crippen molar-refractivity contribution in [1.82, 2.24) is 9.88 Å². The van der Waals surface area contributed by atoms with Gasteiger partial charge >= 0.3 is 0 Å². The molecule has 1 unspecified atom stereocenters. The molecule has 0 bridgehead atoms. The number of carbonyl (C=O) groups is 1. The number of rotatable bonds is 2. The van der Waals surface area contributed by atoms with Crippen molar-refractivity contribution in [3.63, 3.8) is 0 Å². The number of aromatic nitrogens is 1. The number of aryl methyl sites for hydroxylation is 1. The molecule has 1 saturated heterocycles. The average molecular weight is 266 g/mol. The Morgan fingerprint density at radius 2 is 2.39 bits per heavy atom. The summed E-state index contributed by atoms with van der Waals surface area (Å²) in [5.41, 5.74) is 0.835. The van der Waals surface area contributed by atoms with E-state index in [0.29, 0.717) is 5.25 Å².